The summed E-state index contributed by atoms with van der Waals surface area (Å²) in [5.74, 6) is 1.61. The molecule has 2 heteroatoms. The van der Waals surface area contributed by atoms with Crippen molar-refractivity contribution in [3.8, 4) is 0 Å². The number of hydrogen-bond donors (Lipinski definition) is 0. The first-order valence-corrected chi connectivity index (χ1v) is 18.4. The van der Waals surface area contributed by atoms with Crippen LogP contribution in [0.5, 0.6) is 0 Å². The SMILES string of the molecule is CCCCCCCCCCCCCCCC[n+]1ccn(CCCCCCCCCCCC)c1CCCCCC. The molecule has 0 amide bonds. The number of hydrogen-bond acceptors (Lipinski definition) is 0. The number of aromatic nitrogens is 2. The van der Waals surface area contributed by atoms with Crippen LogP contribution in [0.15, 0.2) is 12.4 Å². The lowest BCUT2D eigenvalue weighted by Gasteiger charge is -2.07. The lowest BCUT2D eigenvalue weighted by atomic mass is 10.0. The molecule has 0 bridgehead atoms. The molecule has 230 valence electrons. The summed E-state index contributed by atoms with van der Waals surface area (Å²) in [6, 6.07) is 0. The fourth-order valence-corrected chi connectivity index (χ4v) is 6.15. The van der Waals surface area contributed by atoms with Crippen LogP contribution in [0.4, 0.5) is 0 Å². The molecule has 0 saturated heterocycles. The van der Waals surface area contributed by atoms with E-state index in [0.717, 1.165) is 0 Å². The number of rotatable bonds is 31. The van der Waals surface area contributed by atoms with Gasteiger partial charge in [0.2, 0.25) is 0 Å². The Morgan fingerprint density at radius 2 is 0.795 bits per heavy atom. The summed E-state index contributed by atoms with van der Waals surface area (Å²) in [4.78, 5) is 0. The van der Waals surface area contributed by atoms with Crippen molar-refractivity contribution in [2.24, 2.45) is 0 Å². The van der Waals surface area contributed by atoms with Crippen LogP contribution >= 0.6 is 0 Å². The normalized spacial score (nSPS) is 11.6. The van der Waals surface area contributed by atoms with Gasteiger partial charge in [-0.05, 0) is 32.1 Å². The number of unbranched alkanes of at least 4 members (excludes halogenated alkanes) is 25. The Hall–Kier alpha value is -0.790. The van der Waals surface area contributed by atoms with Crippen molar-refractivity contribution in [3.05, 3.63) is 18.2 Å². The van der Waals surface area contributed by atoms with E-state index in [2.05, 4.69) is 42.3 Å². The Bertz CT molecular complexity index is 605. The van der Waals surface area contributed by atoms with Crippen molar-refractivity contribution in [3.63, 3.8) is 0 Å². The highest BCUT2D eigenvalue weighted by molar-refractivity contribution is 4.84. The molecule has 0 radical (unpaired) electrons. The standard InChI is InChI=1S/C37H73N2/c1-4-7-10-13-15-17-19-20-21-22-24-26-28-31-34-39-36-35-38(37(39)32-29-12-9-6-3)33-30-27-25-23-18-16-14-11-8-5-2/h35-36H,4-34H2,1-3H3/q+1. The highest BCUT2D eigenvalue weighted by Crippen LogP contribution is 2.14. The third kappa shape index (κ3) is 21.6. The summed E-state index contributed by atoms with van der Waals surface area (Å²) in [5, 5.41) is 0. The maximum Gasteiger partial charge on any atom is 0.256 e. The summed E-state index contributed by atoms with van der Waals surface area (Å²) in [6.45, 7) is 9.40. The Labute approximate surface area is 247 Å². The molecule has 0 spiro atoms. The summed E-state index contributed by atoms with van der Waals surface area (Å²) in [5.41, 5.74) is 0. The van der Waals surface area contributed by atoms with Gasteiger partial charge in [0.15, 0.2) is 0 Å². The smallest absolute Gasteiger partial charge is 0.234 e. The van der Waals surface area contributed by atoms with Gasteiger partial charge in [0.1, 0.15) is 12.4 Å². The van der Waals surface area contributed by atoms with E-state index < -0.39 is 0 Å². The maximum atomic E-state index is 2.61. The Morgan fingerprint density at radius 1 is 0.436 bits per heavy atom. The zero-order valence-corrected chi connectivity index (χ0v) is 27.5. The monoisotopic (exact) mass is 546 g/mol. The minimum atomic E-state index is 1.23. The molecule has 0 aliphatic rings. The molecule has 1 aromatic rings. The van der Waals surface area contributed by atoms with Crippen LogP contribution in [0.2, 0.25) is 0 Å². The van der Waals surface area contributed by atoms with Crippen LogP contribution < -0.4 is 4.57 Å². The van der Waals surface area contributed by atoms with Gasteiger partial charge >= 0.3 is 0 Å². The van der Waals surface area contributed by atoms with E-state index in [9.17, 15) is 0 Å². The van der Waals surface area contributed by atoms with E-state index in [1.165, 1.54) is 199 Å². The summed E-state index contributed by atoms with van der Waals surface area (Å²) in [7, 11) is 0. The van der Waals surface area contributed by atoms with Crippen LogP contribution in [0, 0.1) is 0 Å². The molecule has 1 heterocycles. The molecule has 0 aliphatic carbocycles. The molecule has 0 saturated carbocycles. The predicted octanol–water partition coefficient (Wildman–Crippen LogP) is 12.3. The minimum absolute atomic E-state index is 1.23. The molecule has 0 fully saturated rings. The van der Waals surface area contributed by atoms with Crippen molar-refractivity contribution in [1.82, 2.24) is 4.57 Å². The molecule has 1 aromatic heterocycles. The van der Waals surface area contributed by atoms with E-state index in [-0.39, 0.29) is 0 Å². The molecule has 0 atom stereocenters. The highest BCUT2D eigenvalue weighted by Gasteiger charge is 2.16. The van der Waals surface area contributed by atoms with Crippen LogP contribution in [0.25, 0.3) is 0 Å². The van der Waals surface area contributed by atoms with Gasteiger partial charge in [0.25, 0.3) is 5.82 Å². The van der Waals surface area contributed by atoms with E-state index in [1.54, 1.807) is 5.82 Å². The van der Waals surface area contributed by atoms with Gasteiger partial charge in [-0.25, -0.2) is 9.13 Å². The molecule has 0 unspecified atom stereocenters. The van der Waals surface area contributed by atoms with Gasteiger partial charge in [-0.15, -0.1) is 0 Å². The second-order valence-corrected chi connectivity index (χ2v) is 12.7. The van der Waals surface area contributed by atoms with Gasteiger partial charge in [-0.2, -0.15) is 0 Å². The predicted molar refractivity (Wildman–Crippen MR) is 175 cm³/mol. The molecular formula is C37H73N2+. The zero-order chi connectivity index (χ0) is 28.1. The second kappa shape index (κ2) is 28.7. The molecule has 0 N–H and O–H groups in total. The molecular weight excluding hydrogens is 472 g/mol. The third-order valence-electron chi connectivity index (χ3n) is 8.85. The number of nitrogens with zero attached hydrogens (tertiary/aromatic N) is 2. The van der Waals surface area contributed by atoms with E-state index in [0.29, 0.717) is 0 Å². The maximum absolute atomic E-state index is 2.61. The number of aryl methyl sites for hydroxylation is 2. The minimum Gasteiger partial charge on any atom is -0.234 e. The first-order chi connectivity index (χ1) is 19.3. The van der Waals surface area contributed by atoms with Crippen LogP contribution in [-0.4, -0.2) is 4.57 Å². The average molecular weight is 546 g/mol. The van der Waals surface area contributed by atoms with Gasteiger partial charge in [0, 0.05) is 6.42 Å². The van der Waals surface area contributed by atoms with Crippen molar-refractivity contribution >= 4 is 0 Å². The lowest BCUT2D eigenvalue weighted by molar-refractivity contribution is -0.704. The second-order valence-electron chi connectivity index (χ2n) is 12.7. The summed E-state index contributed by atoms with van der Waals surface area (Å²) < 4.78 is 5.23. The largest absolute Gasteiger partial charge is 0.256 e. The van der Waals surface area contributed by atoms with Crippen molar-refractivity contribution in [2.45, 2.75) is 220 Å². The molecule has 1 rings (SSSR count). The van der Waals surface area contributed by atoms with Gasteiger partial charge in [0.05, 0.1) is 13.1 Å². The third-order valence-corrected chi connectivity index (χ3v) is 8.85. The Kier molecular flexibility index (Phi) is 26.7. The summed E-state index contributed by atoms with van der Waals surface area (Å²) in [6.07, 6.45) is 45.9. The Morgan fingerprint density at radius 3 is 1.23 bits per heavy atom. The van der Waals surface area contributed by atoms with Crippen LogP contribution in [-0.2, 0) is 19.5 Å². The molecule has 2 nitrogen and oxygen atoms in total. The van der Waals surface area contributed by atoms with Gasteiger partial charge in [-0.1, -0.05) is 168 Å². The van der Waals surface area contributed by atoms with E-state index >= 15 is 0 Å². The lowest BCUT2D eigenvalue weighted by Crippen LogP contribution is -2.37. The zero-order valence-electron chi connectivity index (χ0n) is 27.5. The Balaban J connectivity index is 2.18. The van der Waals surface area contributed by atoms with Crippen LogP contribution in [0.1, 0.15) is 206 Å². The quantitative estimate of drug-likeness (QED) is 0.0648. The van der Waals surface area contributed by atoms with Crippen molar-refractivity contribution in [2.75, 3.05) is 0 Å². The van der Waals surface area contributed by atoms with Gasteiger partial charge < -0.3 is 0 Å². The highest BCUT2D eigenvalue weighted by atomic mass is 15.1. The summed E-state index contributed by atoms with van der Waals surface area (Å²) >= 11 is 0. The average Bonchev–Trinajstić information content (AvgIpc) is 3.33. The van der Waals surface area contributed by atoms with E-state index in [1.807, 2.05) is 0 Å². The van der Waals surface area contributed by atoms with E-state index in [4.69, 9.17) is 0 Å². The first kappa shape index (κ1) is 36.2. The number of imidazole rings is 1. The topological polar surface area (TPSA) is 8.81 Å². The van der Waals surface area contributed by atoms with Gasteiger partial charge in [-0.3, -0.25) is 0 Å². The fraction of sp³-hybridized carbons (Fsp3) is 0.919. The molecule has 0 aromatic carbocycles. The fourth-order valence-electron chi connectivity index (χ4n) is 6.15. The molecule has 0 aliphatic heterocycles. The van der Waals surface area contributed by atoms with Crippen molar-refractivity contribution < 1.29 is 4.57 Å². The van der Waals surface area contributed by atoms with Crippen LogP contribution in [0.3, 0.4) is 0 Å². The first-order valence-electron chi connectivity index (χ1n) is 18.4. The van der Waals surface area contributed by atoms with Crippen molar-refractivity contribution in [1.29, 1.82) is 0 Å². The molecule has 39 heavy (non-hydrogen) atoms.